The molecule has 0 saturated heterocycles. The van der Waals surface area contributed by atoms with Crippen molar-refractivity contribution in [2.24, 2.45) is 7.05 Å². The number of benzene rings is 1. The maximum Gasteiger partial charge on any atom is 0.270 e. The molecule has 2 aromatic heterocycles. The Morgan fingerprint density at radius 2 is 2.19 bits per heavy atom. The van der Waals surface area contributed by atoms with Crippen LogP contribution in [0.3, 0.4) is 0 Å². The Balaban J connectivity index is 1.36. The lowest BCUT2D eigenvalue weighted by Gasteiger charge is -2.29. The zero-order valence-electron chi connectivity index (χ0n) is 15.3. The molecular weight excluding hydrogens is 342 g/mol. The molecular formula is C20H23N5O2. The Kier molecular flexibility index (Phi) is 4.87. The minimum Gasteiger partial charge on any atom is -0.390 e. The molecule has 1 aromatic carbocycles. The lowest BCUT2D eigenvalue weighted by Crippen LogP contribution is -2.42. The average molecular weight is 365 g/mol. The van der Waals surface area contributed by atoms with Gasteiger partial charge in [0.25, 0.3) is 5.91 Å². The summed E-state index contributed by atoms with van der Waals surface area (Å²) < 4.78 is 2.25. The third kappa shape index (κ3) is 3.56. The first-order valence-corrected chi connectivity index (χ1v) is 9.13. The van der Waals surface area contributed by atoms with Crippen LogP contribution in [0, 0.1) is 0 Å². The first-order chi connectivity index (χ1) is 13.1. The molecule has 0 radical (unpaired) electrons. The smallest absolute Gasteiger partial charge is 0.270 e. The number of nitrogens with one attached hydrogen (secondary N) is 1. The van der Waals surface area contributed by atoms with Crippen LogP contribution in [0.25, 0.3) is 10.9 Å². The normalized spacial score (nSPS) is 15.5. The predicted octanol–water partition coefficient (Wildman–Crippen LogP) is 1.12. The topological polar surface area (TPSA) is 83.3 Å². The van der Waals surface area contributed by atoms with E-state index < -0.39 is 6.10 Å². The van der Waals surface area contributed by atoms with Crippen molar-refractivity contribution < 1.29 is 9.90 Å². The van der Waals surface area contributed by atoms with Gasteiger partial charge in [0, 0.05) is 56.0 Å². The molecule has 3 aromatic rings. The summed E-state index contributed by atoms with van der Waals surface area (Å²) in [4.78, 5) is 22.0. The van der Waals surface area contributed by atoms with E-state index in [1.807, 2.05) is 0 Å². The van der Waals surface area contributed by atoms with Gasteiger partial charge in [0.1, 0.15) is 12.0 Å². The van der Waals surface area contributed by atoms with Gasteiger partial charge in [-0.05, 0) is 24.1 Å². The highest BCUT2D eigenvalue weighted by Gasteiger charge is 2.24. The van der Waals surface area contributed by atoms with E-state index in [1.54, 1.807) is 6.07 Å². The highest BCUT2D eigenvalue weighted by Crippen LogP contribution is 2.29. The van der Waals surface area contributed by atoms with E-state index in [0.29, 0.717) is 12.2 Å². The van der Waals surface area contributed by atoms with Gasteiger partial charge in [-0.15, -0.1) is 0 Å². The number of amides is 1. The van der Waals surface area contributed by atoms with E-state index in [4.69, 9.17) is 0 Å². The van der Waals surface area contributed by atoms with Crippen molar-refractivity contribution in [1.82, 2.24) is 24.8 Å². The number of hydrogen-bond donors (Lipinski definition) is 2. The number of rotatable bonds is 5. The fourth-order valence-corrected chi connectivity index (χ4v) is 3.81. The average Bonchev–Trinajstić information content (AvgIpc) is 2.99. The Bertz CT molecular complexity index is 954. The monoisotopic (exact) mass is 365 g/mol. The molecule has 1 atom stereocenters. The number of nitrogens with zero attached hydrogens (tertiary/aromatic N) is 4. The fourth-order valence-electron chi connectivity index (χ4n) is 3.81. The van der Waals surface area contributed by atoms with Crippen LogP contribution in [0.2, 0.25) is 0 Å². The SMILES string of the molecule is Cn1c2c(c3ccccc31)CCN(CC(O)CNC(=O)c1ccncn1)C2. The molecule has 3 heterocycles. The molecule has 0 bridgehead atoms. The Morgan fingerprint density at radius 3 is 3.00 bits per heavy atom. The zero-order chi connectivity index (χ0) is 18.8. The van der Waals surface area contributed by atoms with Crippen molar-refractivity contribution in [2.75, 3.05) is 19.6 Å². The van der Waals surface area contributed by atoms with Crippen LogP contribution in [-0.4, -0.2) is 56.2 Å². The van der Waals surface area contributed by atoms with Crippen LogP contribution < -0.4 is 5.32 Å². The summed E-state index contributed by atoms with van der Waals surface area (Å²) in [6.07, 6.45) is 3.19. The summed E-state index contributed by atoms with van der Waals surface area (Å²) in [5, 5.41) is 14.4. The van der Waals surface area contributed by atoms with Crippen molar-refractivity contribution >= 4 is 16.8 Å². The minimum absolute atomic E-state index is 0.196. The van der Waals surface area contributed by atoms with E-state index >= 15 is 0 Å². The van der Waals surface area contributed by atoms with Gasteiger partial charge in [-0.25, -0.2) is 9.97 Å². The summed E-state index contributed by atoms with van der Waals surface area (Å²) in [5.74, 6) is -0.300. The van der Waals surface area contributed by atoms with E-state index in [-0.39, 0.29) is 12.5 Å². The molecule has 1 aliphatic heterocycles. The van der Waals surface area contributed by atoms with Gasteiger partial charge in [-0.1, -0.05) is 18.2 Å². The molecule has 1 amide bonds. The van der Waals surface area contributed by atoms with Crippen LogP contribution in [-0.2, 0) is 20.0 Å². The van der Waals surface area contributed by atoms with Crippen LogP contribution in [0.1, 0.15) is 21.7 Å². The molecule has 2 N–H and O–H groups in total. The van der Waals surface area contributed by atoms with Crippen LogP contribution in [0.4, 0.5) is 0 Å². The number of carbonyl (C=O) groups is 1. The standard InChI is InChI=1S/C20H23N5O2/c1-24-18-5-3-2-4-15(18)16-7-9-25(12-19(16)24)11-14(26)10-22-20(27)17-6-8-21-13-23-17/h2-6,8,13-14,26H,7,9-12H2,1H3,(H,22,27). The van der Waals surface area contributed by atoms with Gasteiger partial charge < -0.3 is 15.0 Å². The molecule has 0 spiro atoms. The molecule has 0 saturated carbocycles. The quantitative estimate of drug-likeness (QED) is 0.708. The number of aromatic nitrogens is 3. The zero-order valence-corrected chi connectivity index (χ0v) is 15.3. The second kappa shape index (κ2) is 7.46. The van der Waals surface area contributed by atoms with Crippen molar-refractivity contribution in [1.29, 1.82) is 0 Å². The van der Waals surface area contributed by atoms with Gasteiger partial charge >= 0.3 is 0 Å². The van der Waals surface area contributed by atoms with Crippen molar-refractivity contribution in [3.05, 3.63) is 59.8 Å². The number of β-amino-alcohol motifs (C(OH)–C–C–N with tert-alkyl or cyclic N) is 1. The van der Waals surface area contributed by atoms with Crippen molar-refractivity contribution in [2.45, 2.75) is 19.1 Å². The number of aryl methyl sites for hydroxylation is 1. The molecule has 0 aliphatic carbocycles. The predicted molar refractivity (Wildman–Crippen MR) is 102 cm³/mol. The van der Waals surface area contributed by atoms with E-state index in [1.165, 1.54) is 34.7 Å². The third-order valence-electron chi connectivity index (χ3n) is 5.18. The van der Waals surface area contributed by atoms with Gasteiger partial charge in [0.15, 0.2) is 0 Å². The number of fused-ring (bicyclic) bond motifs is 3. The maximum absolute atomic E-state index is 12.0. The van der Waals surface area contributed by atoms with E-state index in [2.05, 4.69) is 56.1 Å². The molecule has 7 heteroatoms. The van der Waals surface area contributed by atoms with Gasteiger partial charge in [0.05, 0.1) is 6.10 Å². The Hall–Kier alpha value is -2.77. The molecule has 27 heavy (non-hydrogen) atoms. The number of aliphatic hydroxyl groups excluding tert-OH is 1. The molecule has 0 fully saturated rings. The number of para-hydroxylation sites is 1. The Labute approximate surface area is 157 Å². The largest absolute Gasteiger partial charge is 0.390 e. The van der Waals surface area contributed by atoms with Crippen LogP contribution in [0.5, 0.6) is 0 Å². The molecule has 4 rings (SSSR count). The second-order valence-electron chi connectivity index (χ2n) is 6.94. The minimum atomic E-state index is -0.632. The molecule has 1 unspecified atom stereocenters. The van der Waals surface area contributed by atoms with E-state index in [9.17, 15) is 9.90 Å². The summed E-state index contributed by atoms with van der Waals surface area (Å²) in [6, 6.07) is 10.0. The lowest BCUT2D eigenvalue weighted by atomic mass is 10.0. The Morgan fingerprint density at radius 1 is 1.33 bits per heavy atom. The lowest BCUT2D eigenvalue weighted by molar-refractivity contribution is 0.0834. The number of carbonyl (C=O) groups excluding carboxylic acids is 1. The highest BCUT2D eigenvalue weighted by atomic mass is 16.3. The van der Waals surface area contributed by atoms with Gasteiger partial charge in [0.2, 0.25) is 0 Å². The van der Waals surface area contributed by atoms with Crippen LogP contribution in [0.15, 0.2) is 42.9 Å². The number of hydrogen-bond acceptors (Lipinski definition) is 5. The molecule has 1 aliphatic rings. The van der Waals surface area contributed by atoms with Gasteiger partial charge in [-0.3, -0.25) is 9.69 Å². The van der Waals surface area contributed by atoms with Gasteiger partial charge in [-0.2, -0.15) is 0 Å². The third-order valence-corrected chi connectivity index (χ3v) is 5.18. The summed E-state index contributed by atoms with van der Waals surface area (Å²) in [7, 11) is 2.10. The maximum atomic E-state index is 12.0. The first kappa shape index (κ1) is 17.6. The second-order valence-corrected chi connectivity index (χ2v) is 6.94. The van der Waals surface area contributed by atoms with Crippen molar-refractivity contribution in [3.63, 3.8) is 0 Å². The summed E-state index contributed by atoms with van der Waals surface area (Å²) >= 11 is 0. The first-order valence-electron chi connectivity index (χ1n) is 9.13. The molecule has 140 valence electrons. The fraction of sp³-hybridized carbons (Fsp3) is 0.350. The number of aliphatic hydroxyl groups is 1. The summed E-state index contributed by atoms with van der Waals surface area (Å²) in [6.45, 7) is 2.42. The van der Waals surface area contributed by atoms with E-state index in [0.717, 1.165) is 19.5 Å². The molecule has 7 nitrogen and oxygen atoms in total. The van der Waals surface area contributed by atoms with Crippen molar-refractivity contribution in [3.8, 4) is 0 Å². The summed E-state index contributed by atoms with van der Waals surface area (Å²) in [5.41, 5.74) is 4.27. The van der Waals surface area contributed by atoms with Crippen LogP contribution >= 0.6 is 0 Å². The highest BCUT2D eigenvalue weighted by molar-refractivity contribution is 5.92.